The molecule has 0 bridgehead atoms. The molecule has 1 rings (SSSR count). The van der Waals surface area contributed by atoms with Crippen LogP contribution in [0.1, 0.15) is 39.0 Å². The molecule has 1 amide bonds. The van der Waals surface area contributed by atoms with Crippen molar-refractivity contribution < 1.29 is 4.79 Å². The van der Waals surface area contributed by atoms with E-state index in [4.69, 9.17) is 0 Å². The minimum absolute atomic E-state index is 0.0539. The Morgan fingerprint density at radius 3 is 2.81 bits per heavy atom. The monoisotopic (exact) mass is 224 g/mol. The van der Waals surface area contributed by atoms with E-state index in [9.17, 15) is 4.79 Å². The lowest BCUT2D eigenvalue weighted by Gasteiger charge is -2.17. The molecule has 92 valence electrons. The van der Waals surface area contributed by atoms with Crippen LogP contribution < -0.4 is 10.6 Å². The van der Waals surface area contributed by atoms with Crippen LogP contribution in [0, 0.1) is 5.92 Å². The Morgan fingerprint density at radius 2 is 2.19 bits per heavy atom. The van der Waals surface area contributed by atoms with E-state index in [1.54, 1.807) is 6.08 Å². The number of hydrogen-bond acceptors (Lipinski definition) is 2. The zero-order chi connectivity index (χ0) is 11.8. The van der Waals surface area contributed by atoms with Gasteiger partial charge in [0, 0.05) is 12.6 Å². The van der Waals surface area contributed by atoms with Gasteiger partial charge in [0.2, 0.25) is 5.91 Å². The second-order valence-corrected chi connectivity index (χ2v) is 4.76. The maximum Gasteiger partial charge on any atom is 0.234 e. The topological polar surface area (TPSA) is 41.1 Å². The molecule has 0 radical (unpaired) electrons. The molecular formula is C13H24N2O. The van der Waals surface area contributed by atoms with Gasteiger partial charge in [-0.25, -0.2) is 0 Å². The highest BCUT2D eigenvalue weighted by atomic mass is 16.1. The van der Waals surface area contributed by atoms with E-state index in [2.05, 4.69) is 24.1 Å². The normalized spacial score (nSPS) is 18.3. The van der Waals surface area contributed by atoms with Crippen LogP contribution in [0.5, 0.6) is 0 Å². The Morgan fingerprint density at radius 1 is 1.50 bits per heavy atom. The van der Waals surface area contributed by atoms with Crippen molar-refractivity contribution in [3.63, 3.8) is 0 Å². The first-order valence-electron chi connectivity index (χ1n) is 6.33. The first kappa shape index (κ1) is 13.2. The summed E-state index contributed by atoms with van der Waals surface area (Å²) in [5.74, 6) is 0.928. The van der Waals surface area contributed by atoms with E-state index in [1.165, 1.54) is 32.1 Å². The Bertz CT molecular complexity index is 222. The lowest BCUT2D eigenvalue weighted by atomic mass is 9.99. The van der Waals surface area contributed by atoms with E-state index in [0.717, 1.165) is 5.92 Å². The molecule has 1 atom stereocenters. The predicted molar refractivity (Wildman–Crippen MR) is 67.2 cm³/mol. The van der Waals surface area contributed by atoms with Crippen molar-refractivity contribution in [2.75, 3.05) is 13.1 Å². The third-order valence-electron chi connectivity index (χ3n) is 3.22. The molecule has 1 aliphatic carbocycles. The van der Waals surface area contributed by atoms with Gasteiger partial charge in [-0.2, -0.15) is 0 Å². The van der Waals surface area contributed by atoms with Crippen molar-refractivity contribution in [1.29, 1.82) is 0 Å². The third-order valence-corrected chi connectivity index (χ3v) is 3.22. The SMILES string of the molecule is C=CCNC(=O)CNC(C)CC1CCCC1. The fraction of sp³-hybridized carbons (Fsp3) is 0.769. The second kappa shape index (κ2) is 7.44. The smallest absolute Gasteiger partial charge is 0.234 e. The number of carbonyl (C=O) groups excluding carboxylic acids is 1. The van der Waals surface area contributed by atoms with Gasteiger partial charge in [-0.3, -0.25) is 4.79 Å². The molecule has 3 nitrogen and oxygen atoms in total. The summed E-state index contributed by atoms with van der Waals surface area (Å²) < 4.78 is 0. The molecule has 3 heteroatoms. The molecule has 0 aromatic heterocycles. The molecule has 0 aromatic rings. The molecule has 0 aliphatic heterocycles. The number of amides is 1. The minimum Gasteiger partial charge on any atom is -0.352 e. The van der Waals surface area contributed by atoms with Gasteiger partial charge in [0.15, 0.2) is 0 Å². The predicted octanol–water partition coefficient (Wildman–Crippen LogP) is 1.85. The third kappa shape index (κ3) is 5.31. The number of nitrogens with one attached hydrogen (secondary N) is 2. The zero-order valence-corrected chi connectivity index (χ0v) is 10.3. The fourth-order valence-electron chi connectivity index (χ4n) is 2.34. The quantitative estimate of drug-likeness (QED) is 0.648. The van der Waals surface area contributed by atoms with Crippen molar-refractivity contribution in [3.8, 4) is 0 Å². The van der Waals surface area contributed by atoms with Gasteiger partial charge in [0.05, 0.1) is 6.54 Å². The molecule has 0 aromatic carbocycles. The highest BCUT2D eigenvalue weighted by Crippen LogP contribution is 2.28. The first-order valence-corrected chi connectivity index (χ1v) is 6.33. The summed E-state index contributed by atoms with van der Waals surface area (Å²) in [6.07, 6.45) is 8.41. The number of hydrogen-bond donors (Lipinski definition) is 2. The molecule has 2 N–H and O–H groups in total. The van der Waals surface area contributed by atoms with Crippen LogP contribution in [0.15, 0.2) is 12.7 Å². The van der Waals surface area contributed by atoms with Gasteiger partial charge >= 0.3 is 0 Å². The van der Waals surface area contributed by atoms with E-state index in [-0.39, 0.29) is 5.91 Å². The Hall–Kier alpha value is -0.830. The average Bonchev–Trinajstić information content (AvgIpc) is 2.76. The number of carbonyl (C=O) groups is 1. The Balaban J connectivity index is 2.06. The van der Waals surface area contributed by atoms with Gasteiger partial charge in [0.1, 0.15) is 0 Å². The molecule has 1 saturated carbocycles. The van der Waals surface area contributed by atoms with Crippen LogP contribution in [-0.4, -0.2) is 25.0 Å². The summed E-state index contributed by atoms with van der Waals surface area (Å²) in [4.78, 5) is 11.3. The summed E-state index contributed by atoms with van der Waals surface area (Å²) in [5, 5.41) is 6.03. The Labute approximate surface area is 98.7 Å². The van der Waals surface area contributed by atoms with E-state index < -0.39 is 0 Å². The zero-order valence-electron chi connectivity index (χ0n) is 10.3. The maximum atomic E-state index is 11.3. The van der Waals surface area contributed by atoms with Crippen LogP contribution in [0.2, 0.25) is 0 Å². The van der Waals surface area contributed by atoms with Crippen LogP contribution >= 0.6 is 0 Å². The van der Waals surface area contributed by atoms with Crippen LogP contribution in [0.4, 0.5) is 0 Å². The maximum absolute atomic E-state index is 11.3. The van der Waals surface area contributed by atoms with Crippen LogP contribution in [0.3, 0.4) is 0 Å². The van der Waals surface area contributed by atoms with Gasteiger partial charge in [-0.1, -0.05) is 31.8 Å². The van der Waals surface area contributed by atoms with Crippen molar-refractivity contribution >= 4 is 5.91 Å². The van der Waals surface area contributed by atoms with E-state index in [0.29, 0.717) is 19.1 Å². The highest BCUT2D eigenvalue weighted by molar-refractivity contribution is 5.78. The number of rotatable bonds is 7. The lowest BCUT2D eigenvalue weighted by Crippen LogP contribution is -2.38. The van der Waals surface area contributed by atoms with E-state index in [1.807, 2.05) is 0 Å². The van der Waals surface area contributed by atoms with Crippen molar-refractivity contribution in [1.82, 2.24) is 10.6 Å². The Kier molecular flexibility index (Phi) is 6.16. The van der Waals surface area contributed by atoms with Gasteiger partial charge in [-0.05, 0) is 19.3 Å². The molecule has 16 heavy (non-hydrogen) atoms. The van der Waals surface area contributed by atoms with Gasteiger partial charge in [0.25, 0.3) is 0 Å². The van der Waals surface area contributed by atoms with Crippen molar-refractivity contribution in [2.24, 2.45) is 5.92 Å². The molecule has 0 saturated heterocycles. The van der Waals surface area contributed by atoms with Crippen molar-refractivity contribution in [3.05, 3.63) is 12.7 Å². The molecule has 1 aliphatic rings. The summed E-state index contributed by atoms with van der Waals surface area (Å²) >= 11 is 0. The summed E-state index contributed by atoms with van der Waals surface area (Å²) in [7, 11) is 0. The van der Waals surface area contributed by atoms with Gasteiger partial charge in [-0.15, -0.1) is 6.58 Å². The minimum atomic E-state index is 0.0539. The molecule has 0 heterocycles. The summed E-state index contributed by atoms with van der Waals surface area (Å²) in [6, 6.07) is 0.442. The van der Waals surface area contributed by atoms with E-state index >= 15 is 0 Å². The summed E-state index contributed by atoms with van der Waals surface area (Å²) in [6.45, 7) is 6.70. The highest BCUT2D eigenvalue weighted by Gasteiger charge is 2.17. The standard InChI is InChI=1S/C13H24N2O/c1-3-8-14-13(16)10-15-11(2)9-12-6-4-5-7-12/h3,11-12,15H,1,4-10H2,2H3,(H,14,16). The molecule has 0 spiro atoms. The summed E-state index contributed by atoms with van der Waals surface area (Å²) in [5.41, 5.74) is 0. The average molecular weight is 224 g/mol. The first-order chi connectivity index (χ1) is 7.72. The van der Waals surface area contributed by atoms with Gasteiger partial charge < -0.3 is 10.6 Å². The lowest BCUT2D eigenvalue weighted by molar-refractivity contribution is -0.120. The fourth-order valence-corrected chi connectivity index (χ4v) is 2.34. The van der Waals surface area contributed by atoms with Crippen LogP contribution in [0.25, 0.3) is 0 Å². The molecule has 1 fully saturated rings. The van der Waals surface area contributed by atoms with Crippen molar-refractivity contribution in [2.45, 2.75) is 45.1 Å². The molecular weight excluding hydrogens is 200 g/mol. The second-order valence-electron chi connectivity index (χ2n) is 4.76. The largest absolute Gasteiger partial charge is 0.352 e. The molecule has 1 unspecified atom stereocenters. The van der Waals surface area contributed by atoms with Crippen LogP contribution in [-0.2, 0) is 4.79 Å².